The summed E-state index contributed by atoms with van der Waals surface area (Å²) in [5.74, 6) is -1.97. The number of hydrogen-bond acceptors (Lipinski definition) is 5. The van der Waals surface area contributed by atoms with Gasteiger partial charge in [-0.2, -0.15) is 0 Å². The highest BCUT2D eigenvalue weighted by molar-refractivity contribution is 5.93. The minimum atomic E-state index is -1.33. The van der Waals surface area contributed by atoms with Crippen molar-refractivity contribution in [2.45, 2.75) is 26.0 Å². The Hall–Kier alpha value is -2.45. The number of hydroxylamine groups is 1. The number of carboxylic acid groups (broad SMARTS) is 1. The summed E-state index contributed by atoms with van der Waals surface area (Å²) < 4.78 is 16.1. The minimum Gasteiger partial charge on any atom is -0.477 e. The van der Waals surface area contributed by atoms with Gasteiger partial charge in [-0.1, -0.05) is 0 Å². The molecule has 8 heteroatoms. The van der Waals surface area contributed by atoms with E-state index in [9.17, 15) is 14.0 Å². The van der Waals surface area contributed by atoms with Crippen LogP contribution in [-0.4, -0.2) is 34.8 Å². The molecule has 2 aromatic rings. The van der Waals surface area contributed by atoms with Crippen LogP contribution in [0.4, 0.5) is 10.1 Å². The van der Waals surface area contributed by atoms with Crippen LogP contribution in [0.5, 0.6) is 0 Å². The zero-order valence-corrected chi connectivity index (χ0v) is 13.2. The predicted octanol–water partition coefficient (Wildman–Crippen LogP) is 1.33. The van der Waals surface area contributed by atoms with E-state index in [4.69, 9.17) is 15.7 Å². The second kappa shape index (κ2) is 6.21. The molecule has 1 saturated heterocycles. The quantitative estimate of drug-likeness (QED) is 0.875. The van der Waals surface area contributed by atoms with Gasteiger partial charge in [-0.3, -0.25) is 14.7 Å². The molecule has 2 heterocycles. The second-order valence-corrected chi connectivity index (χ2v) is 5.64. The van der Waals surface area contributed by atoms with Gasteiger partial charge in [0, 0.05) is 31.2 Å². The Morgan fingerprint density at radius 1 is 1.50 bits per heavy atom. The summed E-state index contributed by atoms with van der Waals surface area (Å²) in [4.78, 5) is 29.1. The van der Waals surface area contributed by atoms with E-state index in [2.05, 4.69) is 0 Å². The fraction of sp³-hybridized carbons (Fsp3) is 0.375. The number of aromatic carboxylic acids is 1. The van der Waals surface area contributed by atoms with Crippen LogP contribution in [-0.2, 0) is 11.4 Å². The number of fused-ring (bicyclic) bond motifs is 1. The average molecular weight is 335 g/mol. The van der Waals surface area contributed by atoms with Crippen molar-refractivity contribution < 1.29 is 19.1 Å². The third-order valence-electron chi connectivity index (χ3n) is 4.18. The van der Waals surface area contributed by atoms with E-state index >= 15 is 0 Å². The first-order chi connectivity index (χ1) is 11.5. The first-order valence-corrected chi connectivity index (χ1v) is 7.70. The molecule has 1 atom stereocenters. The van der Waals surface area contributed by atoms with Gasteiger partial charge in [-0.05, 0) is 25.5 Å². The molecule has 1 fully saturated rings. The van der Waals surface area contributed by atoms with E-state index in [1.807, 2.05) is 6.92 Å². The molecule has 3 N–H and O–H groups in total. The molecule has 1 aliphatic rings. The van der Waals surface area contributed by atoms with Crippen LogP contribution in [0.2, 0.25) is 0 Å². The van der Waals surface area contributed by atoms with Crippen LogP contribution >= 0.6 is 0 Å². The SMILES string of the molecule is CCn1cc(C(=O)O)c(=O)c2cc(F)c(N3CCC(CN)O3)cc21. The Bertz CT molecular complexity index is 865. The van der Waals surface area contributed by atoms with Crippen molar-refractivity contribution in [3.63, 3.8) is 0 Å². The van der Waals surface area contributed by atoms with Crippen molar-refractivity contribution in [2.75, 3.05) is 18.2 Å². The van der Waals surface area contributed by atoms with Gasteiger partial charge in [0.15, 0.2) is 0 Å². The van der Waals surface area contributed by atoms with Crippen LogP contribution in [0.3, 0.4) is 0 Å². The summed E-state index contributed by atoms with van der Waals surface area (Å²) in [6, 6.07) is 2.59. The topological polar surface area (TPSA) is 97.8 Å². The first kappa shape index (κ1) is 16.4. The summed E-state index contributed by atoms with van der Waals surface area (Å²) in [5.41, 5.74) is 5.16. The average Bonchev–Trinajstić information content (AvgIpc) is 3.03. The first-order valence-electron chi connectivity index (χ1n) is 7.70. The zero-order chi connectivity index (χ0) is 17.4. The maximum Gasteiger partial charge on any atom is 0.341 e. The second-order valence-electron chi connectivity index (χ2n) is 5.64. The van der Waals surface area contributed by atoms with Crippen molar-refractivity contribution in [1.82, 2.24) is 4.57 Å². The van der Waals surface area contributed by atoms with Crippen molar-refractivity contribution in [1.29, 1.82) is 0 Å². The van der Waals surface area contributed by atoms with Gasteiger partial charge >= 0.3 is 5.97 Å². The molecular weight excluding hydrogens is 317 g/mol. The summed E-state index contributed by atoms with van der Waals surface area (Å²) in [6.07, 6.45) is 1.80. The lowest BCUT2D eigenvalue weighted by Crippen LogP contribution is -2.24. The molecule has 3 rings (SSSR count). The molecule has 1 unspecified atom stereocenters. The lowest BCUT2D eigenvalue weighted by Gasteiger charge is -2.20. The highest BCUT2D eigenvalue weighted by Gasteiger charge is 2.26. The number of hydrogen-bond donors (Lipinski definition) is 2. The Kier molecular flexibility index (Phi) is 4.25. The van der Waals surface area contributed by atoms with E-state index in [-0.39, 0.29) is 22.7 Å². The number of halogens is 1. The summed E-state index contributed by atoms with van der Waals surface area (Å²) >= 11 is 0. The molecular formula is C16H18FN3O4. The molecule has 128 valence electrons. The maximum atomic E-state index is 14.5. The number of rotatable bonds is 4. The van der Waals surface area contributed by atoms with Crippen molar-refractivity contribution in [2.24, 2.45) is 5.73 Å². The van der Waals surface area contributed by atoms with Crippen LogP contribution < -0.4 is 16.2 Å². The van der Waals surface area contributed by atoms with E-state index in [1.165, 1.54) is 17.3 Å². The molecule has 24 heavy (non-hydrogen) atoms. The normalized spacial score (nSPS) is 17.6. The third-order valence-corrected chi connectivity index (χ3v) is 4.18. The number of nitrogens with zero attached hydrogens (tertiary/aromatic N) is 2. The highest BCUT2D eigenvalue weighted by Crippen LogP contribution is 2.29. The minimum absolute atomic E-state index is 0.0348. The Balaban J connectivity index is 2.19. The maximum absolute atomic E-state index is 14.5. The molecule has 1 aromatic heterocycles. The fourth-order valence-electron chi connectivity index (χ4n) is 2.89. The molecule has 7 nitrogen and oxygen atoms in total. The zero-order valence-electron chi connectivity index (χ0n) is 13.2. The highest BCUT2D eigenvalue weighted by atomic mass is 19.1. The molecule has 0 spiro atoms. The van der Waals surface area contributed by atoms with E-state index in [0.717, 1.165) is 6.07 Å². The van der Waals surface area contributed by atoms with Gasteiger partial charge in [-0.15, -0.1) is 0 Å². The van der Waals surface area contributed by atoms with Crippen molar-refractivity contribution in [3.8, 4) is 0 Å². The van der Waals surface area contributed by atoms with Crippen LogP contribution in [0.25, 0.3) is 10.9 Å². The van der Waals surface area contributed by atoms with Gasteiger partial charge in [-0.25, -0.2) is 9.18 Å². The molecule has 0 radical (unpaired) electrons. The number of nitrogens with two attached hydrogens (primary N) is 1. The lowest BCUT2D eigenvalue weighted by atomic mass is 10.1. The molecule has 0 amide bonds. The van der Waals surface area contributed by atoms with Gasteiger partial charge < -0.3 is 15.4 Å². The molecule has 0 aliphatic carbocycles. The van der Waals surface area contributed by atoms with Crippen LogP contribution in [0.1, 0.15) is 23.7 Å². The summed E-state index contributed by atoms with van der Waals surface area (Å²) in [6.45, 7) is 3.09. The number of anilines is 1. The Morgan fingerprint density at radius 3 is 2.83 bits per heavy atom. The van der Waals surface area contributed by atoms with Gasteiger partial charge in [0.2, 0.25) is 5.43 Å². The third kappa shape index (κ3) is 2.63. The monoisotopic (exact) mass is 335 g/mol. The molecule has 1 aromatic carbocycles. The predicted molar refractivity (Wildman–Crippen MR) is 86.7 cm³/mol. The summed E-state index contributed by atoms with van der Waals surface area (Å²) in [5, 5.41) is 10.6. The van der Waals surface area contributed by atoms with Crippen LogP contribution in [0, 0.1) is 5.82 Å². The number of benzene rings is 1. The van der Waals surface area contributed by atoms with Gasteiger partial charge in [0.25, 0.3) is 0 Å². The molecule has 1 aliphatic heterocycles. The molecule has 0 bridgehead atoms. The fourth-order valence-corrected chi connectivity index (χ4v) is 2.89. The molecule has 0 saturated carbocycles. The van der Waals surface area contributed by atoms with E-state index < -0.39 is 17.2 Å². The number of aryl methyl sites for hydroxylation is 1. The van der Waals surface area contributed by atoms with Gasteiger partial charge in [0.1, 0.15) is 17.1 Å². The smallest absolute Gasteiger partial charge is 0.341 e. The van der Waals surface area contributed by atoms with Gasteiger partial charge in [0.05, 0.1) is 11.6 Å². The Morgan fingerprint density at radius 2 is 2.25 bits per heavy atom. The van der Waals surface area contributed by atoms with Crippen molar-refractivity contribution >= 4 is 22.6 Å². The Labute approximate surface area is 137 Å². The number of carboxylic acids is 1. The number of aromatic nitrogens is 1. The van der Waals surface area contributed by atoms with Crippen LogP contribution in [0.15, 0.2) is 23.1 Å². The lowest BCUT2D eigenvalue weighted by molar-refractivity contribution is 0.0694. The van der Waals surface area contributed by atoms with E-state index in [1.54, 1.807) is 4.57 Å². The largest absolute Gasteiger partial charge is 0.477 e. The number of pyridine rings is 1. The standard InChI is InChI=1S/C16H18FN3O4/c1-2-19-8-11(16(22)23)15(21)10-5-12(17)14(6-13(10)19)20-4-3-9(7-18)24-20/h5-6,8-9H,2-4,7,18H2,1H3,(H,22,23). The van der Waals surface area contributed by atoms with Crippen molar-refractivity contribution in [3.05, 3.63) is 39.9 Å². The van der Waals surface area contributed by atoms with E-state index in [0.29, 0.717) is 31.6 Å². The number of carbonyl (C=O) groups is 1. The summed E-state index contributed by atoms with van der Waals surface area (Å²) in [7, 11) is 0.